The number of carbonyl (C=O) groups is 1. The van der Waals surface area contributed by atoms with Crippen LogP contribution in [0.3, 0.4) is 0 Å². The molecule has 1 aliphatic rings. The second-order valence-electron chi connectivity index (χ2n) is 3.75. The molecule has 1 saturated carbocycles. The van der Waals surface area contributed by atoms with Crippen molar-refractivity contribution in [1.82, 2.24) is 0 Å². The standard InChI is InChI=1S/C11H11NO5/c1-16-11(13)7-2-5-10(17-8-3-4-8)9(6-7)12(14)15/h2,5-6,8H,3-4H2,1H3. The van der Waals surface area contributed by atoms with E-state index < -0.39 is 10.9 Å². The van der Waals surface area contributed by atoms with E-state index in [4.69, 9.17) is 4.74 Å². The van der Waals surface area contributed by atoms with Crippen LogP contribution in [-0.2, 0) is 4.74 Å². The normalized spacial score (nSPS) is 14.2. The van der Waals surface area contributed by atoms with Crippen molar-refractivity contribution in [3.63, 3.8) is 0 Å². The highest BCUT2D eigenvalue weighted by Crippen LogP contribution is 2.34. The molecular weight excluding hydrogens is 226 g/mol. The lowest BCUT2D eigenvalue weighted by molar-refractivity contribution is -0.386. The number of nitro groups is 1. The van der Waals surface area contributed by atoms with Crippen molar-refractivity contribution in [2.75, 3.05) is 7.11 Å². The molecule has 2 rings (SSSR count). The summed E-state index contributed by atoms with van der Waals surface area (Å²) < 4.78 is 9.89. The number of hydrogen-bond donors (Lipinski definition) is 0. The van der Waals surface area contributed by atoms with E-state index in [2.05, 4.69) is 4.74 Å². The van der Waals surface area contributed by atoms with Gasteiger partial charge in [0.05, 0.1) is 23.7 Å². The zero-order chi connectivity index (χ0) is 12.4. The van der Waals surface area contributed by atoms with Crippen LogP contribution in [-0.4, -0.2) is 24.1 Å². The first-order valence-corrected chi connectivity index (χ1v) is 5.15. The molecule has 0 unspecified atom stereocenters. The van der Waals surface area contributed by atoms with Crippen molar-refractivity contribution in [3.8, 4) is 5.75 Å². The molecule has 0 radical (unpaired) electrons. The summed E-state index contributed by atoms with van der Waals surface area (Å²) in [5.74, 6) is -0.406. The number of rotatable bonds is 4. The minimum atomic E-state index is -0.605. The number of hydrogen-bond acceptors (Lipinski definition) is 5. The Bertz CT molecular complexity index is 467. The van der Waals surface area contributed by atoms with Gasteiger partial charge in [0, 0.05) is 6.07 Å². The number of carbonyl (C=O) groups excluding carboxylic acids is 1. The van der Waals surface area contributed by atoms with Gasteiger partial charge in [-0.2, -0.15) is 0 Å². The van der Waals surface area contributed by atoms with E-state index in [1.165, 1.54) is 25.3 Å². The van der Waals surface area contributed by atoms with Gasteiger partial charge in [-0.15, -0.1) is 0 Å². The third-order valence-corrected chi connectivity index (χ3v) is 2.39. The zero-order valence-corrected chi connectivity index (χ0v) is 9.21. The predicted molar refractivity (Wildman–Crippen MR) is 58.1 cm³/mol. The molecule has 6 nitrogen and oxygen atoms in total. The van der Waals surface area contributed by atoms with Crippen LogP contribution in [0, 0.1) is 10.1 Å². The third-order valence-electron chi connectivity index (χ3n) is 2.39. The Balaban J connectivity index is 2.32. The van der Waals surface area contributed by atoms with Crippen LogP contribution < -0.4 is 4.74 Å². The van der Waals surface area contributed by atoms with Crippen LogP contribution in [0.5, 0.6) is 5.75 Å². The molecule has 1 aliphatic carbocycles. The lowest BCUT2D eigenvalue weighted by Gasteiger charge is -2.06. The van der Waals surface area contributed by atoms with E-state index in [1.807, 2.05) is 0 Å². The molecule has 0 heterocycles. The third kappa shape index (κ3) is 2.52. The summed E-state index contributed by atoms with van der Waals surface area (Å²) in [6.07, 6.45) is 1.89. The van der Waals surface area contributed by atoms with Gasteiger partial charge in [-0.25, -0.2) is 4.79 Å². The minimum Gasteiger partial charge on any atom is -0.483 e. The molecule has 1 aromatic carbocycles. The van der Waals surface area contributed by atoms with Crippen LogP contribution >= 0.6 is 0 Å². The van der Waals surface area contributed by atoms with Crippen LogP contribution in [0.4, 0.5) is 5.69 Å². The number of esters is 1. The maximum absolute atomic E-state index is 11.2. The first-order valence-electron chi connectivity index (χ1n) is 5.15. The Kier molecular flexibility index (Phi) is 2.95. The van der Waals surface area contributed by atoms with Crippen LogP contribution in [0.1, 0.15) is 23.2 Å². The molecule has 0 saturated heterocycles. The molecule has 17 heavy (non-hydrogen) atoms. The molecule has 0 aliphatic heterocycles. The molecule has 0 aromatic heterocycles. The van der Waals surface area contributed by atoms with Crippen molar-refractivity contribution in [2.24, 2.45) is 0 Å². The highest BCUT2D eigenvalue weighted by molar-refractivity contribution is 5.90. The summed E-state index contributed by atoms with van der Waals surface area (Å²) in [6, 6.07) is 4.06. The number of ether oxygens (including phenoxy) is 2. The van der Waals surface area contributed by atoms with Crippen molar-refractivity contribution < 1.29 is 19.2 Å². The second-order valence-corrected chi connectivity index (χ2v) is 3.75. The van der Waals surface area contributed by atoms with E-state index in [0.29, 0.717) is 0 Å². The predicted octanol–water partition coefficient (Wildman–Crippen LogP) is 1.92. The van der Waals surface area contributed by atoms with Crippen LogP contribution in [0.25, 0.3) is 0 Å². The Labute approximate surface area is 97.3 Å². The van der Waals surface area contributed by atoms with Crippen molar-refractivity contribution >= 4 is 11.7 Å². The monoisotopic (exact) mass is 237 g/mol. The van der Waals surface area contributed by atoms with Gasteiger partial charge in [0.15, 0.2) is 5.75 Å². The molecule has 0 N–H and O–H groups in total. The van der Waals surface area contributed by atoms with Gasteiger partial charge in [-0.1, -0.05) is 0 Å². The summed E-state index contributed by atoms with van der Waals surface area (Å²) in [4.78, 5) is 21.5. The molecule has 0 spiro atoms. The number of methoxy groups -OCH3 is 1. The maximum atomic E-state index is 11.2. The van der Waals surface area contributed by atoms with E-state index in [1.54, 1.807) is 0 Å². The Morgan fingerprint density at radius 3 is 2.71 bits per heavy atom. The fourth-order valence-electron chi connectivity index (χ4n) is 1.37. The van der Waals surface area contributed by atoms with Crippen LogP contribution in [0.15, 0.2) is 18.2 Å². The highest BCUT2D eigenvalue weighted by Gasteiger charge is 2.28. The van der Waals surface area contributed by atoms with E-state index in [0.717, 1.165) is 12.8 Å². The molecule has 90 valence electrons. The van der Waals surface area contributed by atoms with E-state index in [-0.39, 0.29) is 23.1 Å². The van der Waals surface area contributed by atoms with Crippen molar-refractivity contribution in [1.29, 1.82) is 0 Å². The van der Waals surface area contributed by atoms with Crippen molar-refractivity contribution in [3.05, 3.63) is 33.9 Å². The highest BCUT2D eigenvalue weighted by atomic mass is 16.6. The minimum absolute atomic E-state index is 0.0673. The SMILES string of the molecule is COC(=O)c1ccc(OC2CC2)c([N+](=O)[O-])c1. The average Bonchev–Trinajstić information content (AvgIpc) is 3.12. The van der Waals surface area contributed by atoms with Crippen LogP contribution in [0.2, 0.25) is 0 Å². The molecule has 0 atom stereocenters. The summed E-state index contributed by atoms with van der Waals surface area (Å²) in [7, 11) is 1.22. The fourth-order valence-corrected chi connectivity index (χ4v) is 1.37. The van der Waals surface area contributed by atoms with Gasteiger partial charge >= 0.3 is 11.7 Å². The molecular formula is C11H11NO5. The number of nitro benzene ring substituents is 1. The van der Waals surface area contributed by atoms with Gasteiger partial charge in [0.2, 0.25) is 0 Å². The summed E-state index contributed by atoms with van der Waals surface area (Å²) >= 11 is 0. The summed E-state index contributed by atoms with van der Waals surface area (Å²) in [5, 5.41) is 10.9. The second kappa shape index (κ2) is 4.40. The lowest BCUT2D eigenvalue weighted by Crippen LogP contribution is -2.05. The van der Waals surface area contributed by atoms with Crippen molar-refractivity contribution in [2.45, 2.75) is 18.9 Å². The fraction of sp³-hybridized carbons (Fsp3) is 0.364. The molecule has 1 aromatic rings. The zero-order valence-electron chi connectivity index (χ0n) is 9.21. The summed E-state index contributed by atoms with van der Waals surface area (Å²) in [6.45, 7) is 0. The number of benzene rings is 1. The lowest BCUT2D eigenvalue weighted by atomic mass is 10.2. The summed E-state index contributed by atoms with van der Waals surface area (Å²) in [5.41, 5.74) is -0.0675. The van der Waals surface area contributed by atoms with E-state index in [9.17, 15) is 14.9 Å². The molecule has 0 bridgehead atoms. The average molecular weight is 237 g/mol. The van der Waals surface area contributed by atoms with Gasteiger partial charge in [-0.3, -0.25) is 10.1 Å². The first kappa shape index (κ1) is 11.4. The Morgan fingerprint density at radius 1 is 1.47 bits per heavy atom. The topological polar surface area (TPSA) is 78.7 Å². The Morgan fingerprint density at radius 2 is 2.18 bits per heavy atom. The number of nitrogens with zero attached hydrogens (tertiary/aromatic N) is 1. The largest absolute Gasteiger partial charge is 0.483 e. The quantitative estimate of drug-likeness (QED) is 0.454. The molecule has 6 heteroatoms. The molecule has 0 amide bonds. The Hall–Kier alpha value is -2.11. The first-order chi connectivity index (χ1) is 8.11. The van der Waals surface area contributed by atoms with E-state index >= 15 is 0 Å². The van der Waals surface area contributed by atoms with Gasteiger partial charge in [-0.05, 0) is 25.0 Å². The smallest absolute Gasteiger partial charge is 0.338 e. The molecule has 1 fully saturated rings. The van der Waals surface area contributed by atoms with Gasteiger partial charge < -0.3 is 9.47 Å². The van der Waals surface area contributed by atoms with Gasteiger partial charge in [0.1, 0.15) is 0 Å². The maximum Gasteiger partial charge on any atom is 0.338 e. The van der Waals surface area contributed by atoms with Gasteiger partial charge in [0.25, 0.3) is 0 Å².